The van der Waals surface area contributed by atoms with Crippen molar-refractivity contribution < 1.29 is 4.79 Å². The molecule has 0 radical (unpaired) electrons. The summed E-state index contributed by atoms with van der Waals surface area (Å²) in [5.74, 6) is -0.166. The average Bonchev–Trinajstić information content (AvgIpc) is 2.56. The molecule has 0 atom stereocenters. The number of amides is 1. The van der Waals surface area contributed by atoms with Crippen molar-refractivity contribution in [3.8, 4) is 6.07 Å². The van der Waals surface area contributed by atoms with Crippen LogP contribution in [0.5, 0.6) is 0 Å². The summed E-state index contributed by atoms with van der Waals surface area (Å²) in [6.07, 6.45) is 1.67. The zero-order chi connectivity index (χ0) is 16.8. The van der Waals surface area contributed by atoms with Crippen molar-refractivity contribution in [2.75, 3.05) is 6.54 Å². The summed E-state index contributed by atoms with van der Waals surface area (Å²) < 4.78 is 0.794. The normalized spacial score (nSPS) is 9.96. The number of hydrogen-bond acceptors (Lipinski definition) is 2. The lowest BCUT2D eigenvalue weighted by atomic mass is 10.1. The van der Waals surface area contributed by atoms with Crippen molar-refractivity contribution in [3.05, 3.63) is 81.3 Å². The van der Waals surface area contributed by atoms with Gasteiger partial charge in [-0.05, 0) is 35.9 Å². The van der Waals surface area contributed by atoms with E-state index in [1.807, 2.05) is 12.1 Å². The number of carbonyl (C=O) groups excluding carboxylic acids is 1. The Morgan fingerprint density at radius 3 is 2.61 bits per heavy atom. The lowest BCUT2D eigenvalue weighted by Crippen LogP contribution is -2.31. The minimum Gasteiger partial charge on any atom is -0.331 e. The Labute approximate surface area is 148 Å². The maximum atomic E-state index is 12.8. The topological polar surface area (TPSA) is 44.1 Å². The molecule has 0 fully saturated rings. The summed E-state index contributed by atoms with van der Waals surface area (Å²) in [6.45, 7) is 4.53. The molecule has 0 spiro atoms. The summed E-state index contributed by atoms with van der Waals surface area (Å²) in [6, 6.07) is 14.4. The van der Waals surface area contributed by atoms with E-state index in [2.05, 4.69) is 28.6 Å². The fourth-order valence-electron chi connectivity index (χ4n) is 2.11. The quantitative estimate of drug-likeness (QED) is 0.689. The van der Waals surface area contributed by atoms with Crippen LogP contribution < -0.4 is 0 Å². The number of halogens is 2. The predicted octanol–water partition coefficient (Wildman–Crippen LogP) is 4.80. The smallest absolute Gasteiger partial charge is 0.255 e. The SMILES string of the molecule is C=CCN(Cc1ccc(C#N)cc1)C(=O)c1cc(Br)ccc1Cl. The van der Waals surface area contributed by atoms with Crippen LogP contribution in [0.25, 0.3) is 0 Å². The lowest BCUT2D eigenvalue weighted by molar-refractivity contribution is 0.0763. The van der Waals surface area contributed by atoms with E-state index in [4.69, 9.17) is 16.9 Å². The molecule has 0 aliphatic rings. The molecule has 1 amide bonds. The van der Waals surface area contributed by atoms with Crippen LogP contribution in [0.4, 0.5) is 0 Å². The Hall–Kier alpha value is -2.09. The van der Waals surface area contributed by atoms with Gasteiger partial charge in [-0.15, -0.1) is 6.58 Å². The highest BCUT2D eigenvalue weighted by Gasteiger charge is 2.18. The Morgan fingerprint density at radius 1 is 1.30 bits per heavy atom. The third-order valence-corrected chi connectivity index (χ3v) is 4.07. The predicted molar refractivity (Wildman–Crippen MR) is 95.2 cm³/mol. The van der Waals surface area contributed by atoms with Gasteiger partial charge >= 0.3 is 0 Å². The van der Waals surface area contributed by atoms with E-state index in [0.29, 0.717) is 29.2 Å². The standard InChI is InChI=1S/C18H14BrClN2O/c1-2-9-22(12-14-5-3-13(11-21)4-6-14)18(23)16-10-15(19)7-8-17(16)20/h2-8,10H,1,9,12H2. The first-order valence-corrected chi connectivity index (χ1v) is 8.06. The van der Waals surface area contributed by atoms with Gasteiger partial charge in [-0.1, -0.05) is 45.7 Å². The van der Waals surface area contributed by atoms with E-state index in [1.165, 1.54) is 0 Å². The molecule has 5 heteroatoms. The molecular formula is C18H14BrClN2O. The van der Waals surface area contributed by atoms with Gasteiger partial charge in [-0.3, -0.25) is 4.79 Å². The lowest BCUT2D eigenvalue weighted by Gasteiger charge is -2.22. The van der Waals surface area contributed by atoms with E-state index < -0.39 is 0 Å². The highest BCUT2D eigenvalue weighted by Crippen LogP contribution is 2.23. The number of hydrogen-bond donors (Lipinski definition) is 0. The molecule has 0 heterocycles. The number of carbonyl (C=O) groups is 1. The molecule has 0 unspecified atom stereocenters. The van der Waals surface area contributed by atoms with Crippen molar-refractivity contribution in [2.24, 2.45) is 0 Å². The molecule has 0 saturated heterocycles. The van der Waals surface area contributed by atoms with Crippen LogP contribution in [-0.2, 0) is 6.54 Å². The minimum atomic E-state index is -0.166. The molecule has 3 nitrogen and oxygen atoms in total. The summed E-state index contributed by atoms with van der Waals surface area (Å²) in [7, 11) is 0. The number of nitrogens with zero attached hydrogens (tertiary/aromatic N) is 2. The molecule has 2 aromatic rings. The van der Waals surface area contributed by atoms with Gasteiger partial charge < -0.3 is 4.90 Å². The molecule has 0 N–H and O–H groups in total. The largest absolute Gasteiger partial charge is 0.331 e. The van der Waals surface area contributed by atoms with Gasteiger partial charge in [-0.2, -0.15) is 5.26 Å². The Balaban J connectivity index is 2.26. The zero-order valence-electron chi connectivity index (χ0n) is 12.3. The second-order valence-corrected chi connectivity index (χ2v) is 6.23. The Morgan fingerprint density at radius 2 is 2.00 bits per heavy atom. The maximum absolute atomic E-state index is 12.8. The van der Waals surface area contributed by atoms with Gasteiger partial charge in [0, 0.05) is 17.6 Å². The molecular weight excluding hydrogens is 376 g/mol. The first kappa shape index (κ1) is 17.3. The van der Waals surface area contributed by atoms with E-state index in [9.17, 15) is 4.79 Å². The van der Waals surface area contributed by atoms with Gasteiger partial charge in [0.05, 0.1) is 22.2 Å². The second kappa shape index (κ2) is 7.96. The summed E-state index contributed by atoms with van der Waals surface area (Å²) in [4.78, 5) is 14.4. The van der Waals surface area contributed by atoms with Gasteiger partial charge in [0.2, 0.25) is 0 Å². The fourth-order valence-corrected chi connectivity index (χ4v) is 2.67. The van der Waals surface area contributed by atoms with Crippen molar-refractivity contribution in [2.45, 2.75) is 6.54 Å². The molecule has 116 valence electrons. The third kappa shape index (κ3) is 4.44. The first-order chi connectivity index (χ1) is 11.0. The molecule has 2 rings (SSSR count). The van der Waals surface area contributed by atoms with E-state index in [1.54, 1.807) is 41.3 Å². The first-order valence-electron chi connectivity index (χ1n) is 6.89. The van der Waals surface area contributed by atoms with Crippen molar-refractivity contribution in [1.29, 1.82) is 5.26 Å². The van der Waals surface area contributed by atoms with Gasteiger partial charge in [0.25, 0.3) is 5.91 Å². The monoisotopic (exact) mass is 388 g/mol. The van der Waals surface area contributed by atoms with Gasteiger partial charge in [-0.25, -0.2) is 0 Å². The zero-order valence-corrected chi connectivity index (χ0v) is 14.6. The van der Waals surface area contributed by atoms with E-state index >= 15 is 0 Å². The fraction of sp³-hybridized carbons (Fsp3) is 0.111. The Bertz CT molecular complexity index is 766. The highest BCUT2D eigenvalue weighted by molar-refractivity contribution is 9.10. The van der Waals surface area contributed by atoms with Crippen molar-refractivity contribution >= 4 is 33.4 Å². The molecule has 0 aliphatic heterocycles. The summed E-state index contributed by atoms with van der Waals surface area (Å²) in [5.41, 5.74) is 1.97. The molecule has 2 aromatic carbocycles. The van der Waals surface area contributed by atoms with Crippen LogP contribution in [0.3, 0.4) is 0 Å². The van der Waals surface area contributed by atoms with E-state index in [0.717, 1.165) is 10.0 Å². The summed E-state index contributed by atoms with van der Waals surface area (Å²) >= 11 is 9.50. The average molecular weight is 390 g/mol. The van der Waals surface area contributed by atoms with Gasteiger partial charge in [0.15, 0.2) is 0 Å². The van der Waals surface area contributed by atoms with Crippen LogP contribution >= 0.6 is 27.5 Å². The number of nitriles is 1. The van der Waals surface area contributed by atoms with Crippen LogP contribution in [0.15, 0.2) is 59.6 Å². The molecule has 0 aromatic heterocycles. The van der Waals surface area contributed by atoms with Crippen LogP contribution in [-0.4, -0.2) is 17.4 Å². The maximum Gasteiger partial charge on any atom is 0.255 e. The molecule has 23 heavy (non-hydrogen) atoms. The second-order valence-electron chi connectivity index (χ2n) is 4.91. The van der Waals surface area contributed by atoms with Gasteiger partial charge in [0.1, 0.15) is 0 Å². The molecule has 0 saturated carbocycles. The number of benzene rings is 2. The van der Waals surface area contributed by atoms with Crippen molar-refractivity contribution in [3.63, 3.8) is 0 Å². The van der Waals surface area contributed by atoms with Crippen LogP contribution in [0.2, 0.25) is 5.02 Å². The molecule has 0 aliphatic carbocycles. The third-order valence-electron chi connectivity index (χ3n) is 3.25. The number of rotatable bonds is 5. The molecule has 0 bridgehead atoms. The highest BCUT2D eigenvalue weighted by atomic mass is 79.9. The van der Waals surface area contributed by atoms with Crippen molar-refractivity contribution in [1.82, 2.24) is 4.90 Å². The van der Waals surface area contributed by atoms with Crippen LogP contribution in [0.1, 0.15) is 21.5 Å². The van der Waals surface area contributed by atoms with E-state index in [-0.39, 0.29) is 5.91 Å². The Kier molecular flexibility index (Phi) is 5.97. The summed E-state index contributed by atoms with van der Waals surface area (Å²) in [5, 5.41) is 9.25. The minimum absolute atomic E-state index is 0.166. The van der Waals surface area contributed by atoms with Crippen LogP contribution in [0, 0.1) is 11.3 Å².